The Kier molecular flexibility index (Phi) is 3.26. The first-order chi connectivity index (χ1) is 7.44. The molecule has 1 atom stereocenters. The second-order valence-electron chi connectivity index (χ2n) is 5.37. The molecule has 0 aliphatic heterocycles. The molecule has 3 heteroatoms. The zero-order valence-electron chi connectivity index (χ0n) is 10.4. The molecular formula is C13H19NSSi. The van der Waals surface area contributed by atoms with Gasteiger partial charge in [0, 0.05) is 17.4 Å². The van der Waals surface area contributed by atoms with Gasteiger partial charge in [-0.2, -0.15) is 11.2 Å². The molecule has 0 radical (unpaired) electrons. The molecule has 2 rings (SSSR count). The normalized spacial score (nSPS) is 22.5. The number of aliphatic imine (C=N–C) groups is 1. The van der Waals surface area contributed by atoms with E-state index < -0.39 is 7.22 Å². The van der Waals surface area contributed by atoms with Gasteiger partial charge in [-0.05, 0) is 24.6 Å². The lowest BCUT2D eigenvalue weighted by Crippen LogP contribution is -2.15. The summed E-state index contributed by atoms with van der Waals surface area (Å²) in [5, 5.41) is 0.715. The van der Waals surface area contributed by atoms with E-state index >= 15 is 0 Å². The second kappa shape index (κ2) is 4.38. The van der Waals surface area contributed by atoms with Crippen molar-refractivity contribution in [2.45, 2.75) is 38.2 Å². The van der Waals surface area contributed by atoms with Gasteiger partial charge in [-0.3, -0.25) is 4.99 Å². The molecule has 16 heavy (non-hydrogen) atoms. The van der Waals surface area contributed by atoms with Crippen LogP contribution in [0.3, 0.4) is 0 Å². The lowest BCUT2D eigenvalue weighted by molar-refractivity contribution is 1.43. The minimum Gasteiger partial charge on any atom is -0.257 e. The molecule has 1 fully saturated rings. The highest BCUT2D eigenvalue weighted by Crippen LogP contribution is 2.39. The van der Waals surface area contributed by atoms with Crippen LogP contribution in [0.15, 0.2) is 29.3 Å². The molecule has 86 valence electrons. The molecule has 0 aromatic heterocycles. The Morgan fingerprint density at radius 2 is 2.06 bits per heavy atom. The quantitative estimate of drug-likeness (QED) is 0.723. The van der Waals surface area contributed by atoms with Crippen molar-refractivity contribution in [3.8, 4) is 0 Å². The van der Waals surface area contributed by atoms with Gasteiger partial charge in [-0.25, -0.2) is 0 Å². The third-order valence-corrected chi connectivity index (χ3v) is 6.78. The molecule has 0 spiro atoms. The average molecular weight is 249 g/mol. The highest BCUT2D eigenvalue weighted by atomic mass is 32.4. The molecule has 0 heterocycles. The third kappa shape index (κ3) is 3.49. The van der Waals surface area contributed by atoms with Gasteiger partial charge in [0.15, 0.2) is 0 Å². The monoisotopic (exact) mass is 249 g/mol. The largest absolute Gasteiger partial charge is 0.257 e. The fourth-order valence-electron chi connectivity index (χ4n) is 1.65. The summed E-state index contributed by atoms with van der Waals surface area (Å²) in [4.78, 5) is 4.72. The van der Waals surface area contributed by atoms with E-state index in [1.54, 1.807) is 0 Å². The van der Waals surface area contributed by atoms with Crippen LogP contribution in [0.4, 0.5) is 5.69 Å². The predicted octanol–water partition coefficient (Wildman–Crippen LogP) is 4.41. The second-order valence-corrected chi connectivity index (χ2v) is 14.8. The SMILES string of the molecule is Cc1cccc(/N=C2/CC2S[Si](C)(C)C)c1. The van der Waals surface area contributed by atoms with Gasteiger partial charge in [0.05, 0.1) is 5.69 Å². The molecule has 1 aliphatic carbocycles. The third-order valence-electron chi connectivity index (χ3n) is 2.38. The summed E-state index contributed by atoms with van der Waals surface area (Å²) in [6.07, 6.45) is 1.20. The zero-order valence-corrected chi connectivity index (χ0v) is 12.3. The van der Waals surface area contributed by atoms with Crippen LogP contribution in [-0.4, -0.2) is 18.2 Å². The topological polar surface area (TPSA) is 12.4 Å². The molecule has 0 amide bonds. The van der Waals surface area contributed by atoms with Crippen molar-refractivity contribution in [2.24, 2.45) is 4.99 Å². The molecule has 1 saturated carbocycles. The van der Waals surface area contributed by atoms with Gasteiger partial charge in [-0.15, -0.1) is 0 Å². The predicted molar refractivity (Wildman–Crippen MR) is 77.6 cm³/mol. The number of rotatable bonds is 3. The van der Waals surface area contributed by atoms with Crippen LogP contribution in [0.5, 0.6) is 0 Å². The maximum Gasteiger partial charge on any atom is 0.109 e. The molecule has 1 nitrogen and oxygen atoms in total. The Balaban J connectivity index is 2.01. The van der Waals surface area contributed by atoms with E-state index in [0.717, 1.165) is 5.69 Å². The zero-order chi connectivity index (χ0) is 11.8. The molecule has 1 aliphatic rings. The Morgan fingerprint density at radius 3 is 2.69 bits per heavy atom. The summed E-state index contributed by atoms with van der Waals surface area (Å²) in [6, 6.07) is 8.44. The fourth-order valence-corrected chi connectivity index (χ4v) is 6.16. The van der Waals surface area contributed by atoms with Crippen LogP contribution in [0.25, 0.3) is 0 Å². The van der Waals surface area contributed by atoms with E-state index in [2.05, 4.69) is 62.0 Å². The van der Waals surface area contributed by atoms with Gasteiger partial charge in [0.1, 0.15) is 7.22 Å². The Bertz CT molecular complexity index is 420. The first-order valence-corrected chi connectivity index (χ1v) is 10.9. The van der Waals surface area contributed by atoms with Gasteiger partial charge >= 0.3 is 0 Å². The van der Waals surface area contributed by atoms with Crippen molar-refractivity contribution in [3.63, 3.8) is 0 Å². The number of nitrogens with zero attached hydrogens (tertiary/aromatic N) is 1. The molecule has 1 aromatic rings. The summed E-state index contributed by atoms with van der Waals surface area (Å²) in [6.45, 7) is 9.33. The molecule has 0 saturated heterocycles. The van der Waals surface area contributed by atoms with E-state index in [1.807, 2.05) is 0 Å². The average Bonchev–Trinajstić information content (AvgIpc) is 2.80. The van der Waals surface area contributed by atoms with E-state index in [0.29, 0.717) is 5.25 Å². The lowest BCUT2D eigenvalue weighted by Gasteiger charge is -2.13. The summed E-state index contributed by atoms with van der Waals surface area (Å²) in [7, 11) is -0.992. The van der Waals surface area contributed by atoms with Gasteiger partial charge in [0.25, 0.3) is 0 Å². The Morgan fingerprint density at radius 1 is 1.31 bits per heavy atom. The summed E-state index contributed by atoms with van der Waals surface area (Å²) >= 11 is 2.16. The van der Waals surface area contributed by atoms with Crippen molar-refractivity contribution < 1.29 is 0 Å². The van der Waals surface area contributed by atoms with Gasteiger partial charge in [-0.1, -0.05) is 31.8 Å². The fraction of sp³-hybridized carbons (Fsp3) is 0.462. The molecule has 1 unspecified atom stereocenters. The first kappa shape index (κ1) is 11.9. The number of benzene rings is 1. The standard InChI is InChI=1S/C13H19NSSi/c1-10-6-5-7-11(8-10)14-12-9-13(12)15-16(2,3)4/h5-8,13H,9H2,1-4H3/b14-12-. The summed E-state index contributed by atoms with van der Waals surface area (Å²) in [5.41, 5.74) is 3.80. The number of aryl methyl sites for hydroxylation is 1. The highest BCUT2D eigenvalue weighted by molar-refractivity contribution is 8.29. The van der Waals surface area contributed by atoms with Crippen LogP contribution >= 0.6 is 11.2 Å². The van der Waals surface area contributed by atoms with Gasteiger partial charge in [0.2, 0.25) is 0 Å². The van der Waals surface area contributed by atoms with E-state index in [9.17, 15) is 0 Å². The van der Waals surface area contributed by atoms with E-state index in [4.69, 9.17) is 4.99 Å². The minimum absolute atomic E-state index is 0.715. The van der Waals surface area contributed by atoms with Crippen LogP contribution in [0.1, 0.15) is 12.0 Å². The maximum atomic E-state index is 4.72. The Labute approximate surface area is 103 Å². The van der Waals surface area contributed by atoms with Crippen LogP contribution in [0.2, 0.25) is 19.6 Å². The molecule has 0 N–H and O–H groups in total. The van der Waals surface area contributed by atoms with E-state index in [-0.39, 0.29) is 0 Å². The summed E-state index contributed by atoms with van der Waals surface area (Å²) in [5.74, 6) is 0. The highest BCUT2D eigenvalue weighted by Gasteiger charge is 2.36. The van der Waals surface area contributed by atoms with Crippen LogP contribution in [-0.2, 0) is 0 Å². The summed E-state index contributed by atoms with van der Waals surface area (Å²) < 4.78 is 0. The van der Waals surface area contributed by atoms with Crippen molar-refractivity contribution in [2.75, 3.05) is 0 Å². The lowest BCUT2D eigenvalue weighted by atomic mass is 10.2. The van der Waals surface area contributed by atoms with Crippen LogP contribution < -0.4 is 0 Å². The maximum absolute atomic E-state index is 4.72. The van der Waals surface area contributed by atoms with E-state index in [1.165, 1.54) is 17.7 Å². The van der Waals surface area contributed by atoms with Gasteiger partial charge < -0.3 is 0 Å². The van der Waals surface area contributed by atoms with Crippen molar-refractivity contribution in [1.29, 1.82) is 0 Å². The molecule has 0 bridgehead atoms. The number of hydrogen-bond acceptors (Lipinski definition) is 2. The molecular weight excluding hydrogens is 230 g/mol. The molecule has 1 aromatic carbocycles. The number of hydrogen-bond donors (Lipinski definition) is 0. The van der Waals surface area contributed by atoms with Crippen molar-refractivity contribution in [3.05, 3.63) is 29.8 Å². The van der Waals surface area contributed by atoms with Crippen molar-refractivity contribution >= 4 is 29.8 Å². The Hall–Kier alpha value is -0.543. The first-order valence-electron chi connectivity index (χ1n) is 5.76. The minimum atomic E-state index is -0.992. The van der Waals surface area contributed by atoms with Crippen molar-refractivity contribution in [1.82, 2.24) is 0 Å². The van der Waals surface area contributed by atoms with Crippen LogP contribution in [0, 0.1) is 6.92 Å². The smallest absolute Gasteiger partial charge is 0.109 e.